The van der Waals surface area contributed by atoms with Gasteiger partial charge in [-0.3, -0.25) is 10.1 Å². The van der Waals surface area contributed by atoms with Crippen LogP contribution in [0.4, 0.5) is 6.01 Å². The van der Waals surface area contributed by atoms with Gasteiger partial charge in [0.05, 0.1) is 7.11 Å². The zero-order chi connectivity index (χ0) is 17.1. The summed E-state index contributed by atoms with van der Waals surface area (Å²) in [5.41, 5.74) is 1.90. The minimum atomic E-state index is -0.351. The van der Waals surface area contributed by atoms with E-state index in [1.165, 1.54) is 12.1 Å². The number of hydrogen-bond donors (Lipinski definition) is 2. The molecule has 0 aliphatic carbocycles. The standard InChI is InChI=1S/C17H15N3O4/c1-10-9-13(23-2)7-8-14(10)15(22)18-17-20-19-16(24-17)11-3-5-12(21)6-4-11/h3-9,21H,1-2H3,(H,18,20,22). The molecule has 0 saturated carbocycles. The third-order valence-corrected chi connectivity index (χ3v) is 3.44. The predicted octanol–water partition coefficient (Wildman–Crippen LogP) is 3.01. The third-order valence-electron chi connectivity index (χ3n) is 3.44. The summed E-state index contributed by atoms with van der Waals surface area (Å²) in [7, 11) is 1.57. The molecule has 0 saturated heterocycles. The molecule has 3 aromatic rings. The highest BCUT2D eigenvalue weighted by Gasteiger charge is 2.14. The molecular weight excluding hydrogens is 310 g/mol. The highest BCUT2D eigenvalue weighted by atomic mass is 16.5. The number of aromatic nitrogens is 2. The van der Waals surface area contributed by atoms with Crippen molar-refractivity contribution in [1.82, 2.24) is 10.2 Å². The summed E-state index contributed by atoms with van der Waals surface area (Å²) < 4.78 is 10.5. The second-order valence-corrected chi connectivity index (χ2v) is 5.09. The van der Waals surface area contributed by atoms with Gasteiger partial charge in [0, 0.05) is 11.1 Å². The van der Waals surface area contributed by atoms with Crippen molar-refractivity contribution in [2.75, 3.05) is 12.4 Å². The Morgan fingerprint density at radius 1 is 1.17 bits per heavy atom. The van der Waals surface area contributed by atoms with Gasteiger partial charge >= 0.3 is 6.01 Å². The molecule has 122 valence electrons. The van der Waals surface area contributed by atoms with Crippen LogP contribution in [0, 0.1) is 6.92 Å². The Hall–Kier alpha value is -3.35. The average Bonchev–Trinajstić information content (AvgIpc) is 3.03. The van der Waals surface area contributed by atoms with Gasteiger partial charge in [0.2, 0.25) is 5.89 Å². The summed E-state index contributed by atoms with van der Waals surface area (Å²) in [5, 5.41) is 19.5. The van der Waals surface area contributed by atoms with E-state index in [1.807, 2.05) is 6.92 Å². The number of phenolic OH excluding ortho intramolecular Hbond substituents is 1. The first kappa shape index (κ1) is 15.5. The number of benzene rings is 2. The summed E-state index contributed by atoms with van der Waals surface area (Å²) >= 11 is 0. The first-order chi connectivity index (χ1) is 11.6. The number of anilines is 1. The van der Waals surface area contributed by atoms with Gasteiger partial charge in [-0.25, -0.2) is 0 Å². The van der Waals surface area contributed by atoms with Gasteiger partial charge in [-0.1, -0.05) is 5.10 Å². The summed E-state index contributed by atoms with van der Waals surface area (Å²) in [6.45, 7) is 1.81. The largest absolute Gasteiger partial charge is 0.508 e. The lowest BCUT2D eigenvalue weighted by Crippen LogP contribution is -2.13. The number of carbonyl (C=O) groups is 1. The number of nitrogens with one attached hydrogen (secondary N) is 1. The van der Waals surface area contributed by atoms with E-state index in [1.54, 1.807) is 37.4 Å². The smallest absolute Gasteiger partial charge is 0.322 e. The van der Waals surface area contributed by atoms with Crippen LogP contribution in [0.15, 0.2) is 46.9 Å². The van der Waals surface area contributed by atoms with Gasteiger partial charge in [0.15, 0.2) is 0 Å². The van der Waals surface area contributed by atoms with E-state index < -0.39 is 0 Å². The van der Waals surface area contributed by atoms with Crippen molar-refractivity contribution in [2.45, 2.75) is 6.92 Å². The molecule has 0 spiro atoms. The lowest BCUT2D eigenvalue weighted by molar-refractivity contribution is 0.102. The number of methoxy groups -OCH3 is 1. The lowest BCUT2D eigenvalue weighted by atomic mass is 10.1. The van der Waals surface area contributed by atoms with Crippen LogP contribution >= 0.6 is 0 Å². The van der Waals surface area contributed by atoms with Crippen molar-refractivity contribution in [3.8, 4) is 23.0 Å². The topological polar surface area (TPSA) is 97.5 Å². The Kier molecular flexibility index (Phi) is 4.15. The maximum atomic E-state index is 12.3. The molecule has 7 nitrogen and oxygen atoms in total. The van der Waals surface area contributed by atoms with Crippen LogP contribution in [0.5, 0.6) is 11.5 Å². The third kappa shape index (κ3) is 3.19. The van der Waals surface area contributed by atoms with Gasteiger partial charge in [0.25, 0.3) is 5.91 Å². The number of aryl methyl sites for hydroxylation is 1. The molecule has 7 heteroatoms. The van der Waals surface area contributed by atoms with Crippen LogP contribution < -0.4 is 10.1 Å². The Morgan fingerprint density at radius 3 is 2.58 bits per heavy atom. The zero-order valence-corrected chi connectivity index (χ0v) is 13.1. The van der Waals surface area contributed by atoms with Crippen LogP contribution in [-0.2, 0) is 0 Å². The van der Waals surface area contributed by atoms with Gasteiger partial charge in [-0.15, -0.1) is 5.10 Å². The maximum absolute atomic E-state index is 12.3. The summed E-state index contributed by atoms with van der Waals surface area (Å²) in [5.74, 6) is 0.714. The van der Waals surface area contributed by atoms with Crippen molar-refractivity contribution in [2.24, 2.45) is 0 Å². The molecule has 0 fully saturated rings. The SMILES string of the molecule is COc1ccc(C(=O)Nc2nnc(-c3ccc(O)cc3)o2)c(C)c1. The van der Waals surface area contributed by atoms with E-state index in [9.17, 15) is 9.90 Å². The minimum absolute atomic E-state index is 0.00158. The Morgan fingerprint density at radius 2 is 1.92 bits per heavy atom. The second kappa shape index (κ2) is 6.41. The number of hydrogen-bond acceptors (Lipinski definition) is 6. The highest BCUT2D eigenvalue weighted by molar-refractivity contribution is 6.04. The summed E-state index contributed by atoms with van der Waals surface area (Å²) in [4.78, 5) is 12.3. The van der Waals surface area contributed by atoms with E-state index in [4.69, 9.17) is 9.15 Å². The Balaban J connectivity index is 1.77. The van der Waals surface area contributed by atoms with E-state index in [0.29, 0.717) is 16.9 Å². The number of ether oxygens (including phenoxy) is 1. The van der Waals surface area contributed by atoms with Gasteiger partial charge in [-0.05, 0) is 55.0 Å². The van der Waals surface area contributed by atoms with Crippen molar-refractivity contribution in [3.05, 3.63) is 53.6 Å². The Bertz CT molecular complexity index is 872. The molecule has 1 heterocycles. The van der Waals surface area contributed by atoms with Crippen LogP contribution in [0.2, 0.25) is 0 Å². The fourth-order valence-corrected chi connectivity index (χ4v) is 2.18. The first-order valence-electron chi connectivity index (χ1n) is 7.15. The maximum Gasteiger partial charge on any atom is 0.322 e. The normalized spacial score (nSPS) is 10.4. The van der Waals surface area contributed by atoms with E-state index >= 15 is 0 Å². The predicted molar refractivity (Wildman–Crippen MR) is 87.1 cm³/mol. The summed E-state index contributed by atoms with van der Waals surface area (Å²) in [6.07, 6.45) is 0. The molecule has 0 bridgehead atoms. The number of nitrogens with zero attached hydrogens (tertiary/aromatic N) is 2. The molecule has 24 heavy (non-hydrogen) atoms. The van der Waals surface area contributed by atoms with Gasteiger partial charge < -0.3 is 14.3 Å². The summed E-state index contributed by atoms with van der Waals surface area (Å²) in [6, 6.07) is 11.4. The zero-order valence-electron chi connectivity index (χ0n) is 13.1. The minimum Gasteiger partial charge on any atom is -0.508 e. The van der Waals surface area contributed by atoms with E-state index in [-0.39, 0.29) is 23.6 Å². The van der Waals surface area contributed by atoms with Crippen molar-refractivity contribution >= 4 is 11.9 Å². The molecule has 0 unspecified atom stereocenters. The average molecular weight is 325 g/mol. The quantitative estimate of drug-likeness (QED) is 0.765. The van der Waals surface area contributed by atoms with Crippen LogP contribution in [0.1, 0.15) is 15.9 Å². The molecule has 0 radical (unpaired) electrons. The molecule has 2 aromatic carbocycles. The van der Waals surface area contributed by atoms with E-state index in [2.05, 4.69) is 15.5 Å². The fraction of sp³-hybridized carbons (Fsp3) is 0.118. The highest BCUT2D eigenvalue weighted by Crippen LogP contribution is 2.23. The number of carbonyl (C=O) groups excluding carboxylic acids is 1. The molecule has 0 aliphatic heterocycles. The number of amides is 1. The molecular formula is C17H15N3O4. The molecule has 0 atom stereocenters. The lowest BCUT2D eigenvalue weighted by Gasteiger charge is -2.06. The first-order valence-corrected chi connectivity index (χ1v) is 7.15. The van der Waals surface area contributed by atoms with Crippen LogP contribution in [0.3, 0.4) is 0 Å². The Labute approximate surface area is 137 Å². The number of rotatable bonds is 4. The van der Waals surface area contributed by atoms with Gasteiger partial charge in [-0.2, -0.15) is 0 Å². The number of phenols is 1. The molecule has 3 rings (SSSR count). The van der Waals surface area contributed by atoms with Crippen molar-refractivity contribution < 1.29 is 19.1 Å². The molecule has 1 amide bonds. The van der Waals surface area contributed by atoms with Crippen LogP contribution in [0.25, 0.3) is 11.5 Å². The van der Waals surface area contributed by atoms with Crippen molar-refractivity contribution in [3.63, 3.8) is 0 Å². The monoisotopic (exact) mass is 325 g/mol. The second-order valence-electron chi connectivity index (χ2n) is 5.09. The van der Waals surface area contributed by atoms with Crippen molar-refractivity contribution in [1.29, 1.82) is 0 Å². The molecule has 0 aliphatic rings. The fourth-order valence-electron chi connectivity index (χ4n) is 2.18. The molecule has 1 aromatic heterocycles. The molecule has 2 N–H and O–H groups in total. The van der Waals surface area contributed by atoms with Gasteiger partial charge in [0.1, 0.15) is 11.5 Å². The van der Waals surface area contributed by atoms with E-state index in [0.717, 1.165) is 5.56 Å². The number of aromatic hydroxyl groups is 1. The van der Waals surface area contributed by atoms with Crippen LogP contribution in [-0.4, -0.2) is 28.3 Å².